The lowest BCUT2D eigenvalue weighted by atomic mass is 9.98. The fourth-order valence-corrected chi connectivity index (χ4v) is 4.24. The third-order valence-corrected chi connectivity index (χ3v) is 5.74. The van der Waals surface area contributed by atoms with E-state index in [4.69, 9.17) is 0 Å². The molecule has 0 saturated carbocycles. The third-order valence-electron chi connectivity index (χ3n) is 5.74. The van der Waals surface area contributed by atoms with Crippen molar-refractivity contribution < 1.29 is 36.2 Å². The van der Waals surface area contributed by atoms with E-state index in [1.165, 1.54) is 23.1 Å². The van der Waals surface area contributed by atoms with Gasteiger partial charge in [-0.3, -0.25) is 0 Å². The molecule has 1 N–H and O–H groups in total. The van der Waals surface area contributed by atoms with Gasteiger partial charge in [-0.15, -0.1) is 13.2 Å². The Kier molecular flexibility index (Phi) is 6.84. The van der Waals surface area contributed by atoms with Crippen molar-refractivity contribution in [2.24, 2.45) is 0 Å². The fourth-order valence-electron chi connectivity index (χ4n) is 4.24. The van der Waals surface area contributed by atoms with E-state index in [-0.39, 0.29) is 18.8 Å². The summed E-state index contributed by atoms with van der Waals surface area (Å²) in [5.74, 6) is -0.352. The summed E-state index contributed by atoms with van der Waals surface area (Å²) in [6.07, 6.45) is -12.2. The molecule has 3 aromatic rings. The van der Waals surface area contributed by atoms with E-state index in [0.717, 1.165) is 5.56 Å². The molecule has 186 valence electrons. The third kappa shape index (κ3) is 6.00. The molecule has 0 bridgehead atoms. The lowest BCUT2D eigenvalue weighted by Crippen LogP contribution is -2.49. The van der Waals surface area contributed by atoms with Crippen LogP contribution in [0, 0.1) is 0 Å². The van der Waals surface area contributed by atoms with Gasteiger partial charge in [0.15, 0.2) is 6.10 Å². The molecule has 0 fully saturated rings. The Labute approximate surface area is 198 Å². The van der Waals surface area contributed by atoms with Crippen LogP contribution in [0.2, 0.25) is 0 Å². The number of nitrogens with zero attached hydrogens (tertiary/aromatic N) is 2. The minimum Gasteiger partial charge on any atom is -0.406 e. The summed E-state index contributed by atoms with van der Waals surface area (Å²) < 4.78 is 81.8. The van der Waals surface area contributed by atoms with Crippen molar-refractivity contribution in [2.45, 2.75) is 31.2 Å². The van der Waals surface area contributed by atoms with E-state index >= 15 is 0 Å². The van der Waals surface area contributed by atoms with Gasteiger partial charge in [0.05, 0.1) is 24.0 Å². The lowest BCUT2D eigenvalue weighted by Gasteiger charge is -2.45. The monoisotopic (exact) mass is 496 g/mol. The van der Waals surface area contributed by atoms with E-state index in [9.17, 15) is 31.4 Å². The maximum Gasteiger partial charge on any atom is 0.573 e. The van der Waals surface area contributed by atoms with E-state index in [1.54, 1.807) is 60.7 Å². The number of para-hydroxylation sites is 2. The Bertz CT molecular complexity index is 1140. The van der Waals surface area contributed by atoms with Crippen molar-refractivity contribution in [1.29, 1.82) is 0 Å². The van der Waals surface area contributed by atoms with E-state index < -0.39 is 31.2 Å². The first-order valence-corrected chi connectivity index (χ1v) is 10.8. The number of aliphatic hydroxyl groups excluding tert-OH is 1. The van der Waals surface area contributed by atoms with Gasteiger partial charge in [-0.2, -0.15) is 13.2 Å². The number of fused-ring (bicyclic) bond motifs is 1. The van der Waals surface area contributed by atoms with E-state index in [1.807, 2.05) is 4.90 Å². The van der Waals surface area contributed by atoms with Crippen molar-refractivity contribution >= 4 is 11.4 Å². The van der Waals surface area contributed by atoms with Crippen LogP contribution in [0.4, 0.5) is 37.7 Å². The highest BCUT2D eigenvalue weighted by Gasteiger charge is 2.42. The predicted molar refractivity (Wildman–Crippen MR) is 119 cm³/mol. The normalized spacial score (nSPS) is 17.2. The smallest absolute Gasteiger partial charge is 0.406 e. The summed E-state index contributed by atoms with van der Waals surface area (Å²) >= 11 is 0. The van der Waals surface area contributed by atoms with Gasteiger partial charge in [0.25, 0.3) is 0 Å². The average molecular weight is 496 g/mol. The Morgan fingerprint density at radius 1 is 0.857 bits per heavy atom. The number of halogens is 6. The molecule has 1 aliphatic rings. The standard InChI is InChI=1S/C25H22F6N2O2/c26-24(27,28)23(34)16-33-21-12-5-4-11-20(21)32(15-22(33)18-8-2-1-3-9-18)14-17-7-6-10-19(13-17)35-25(29,30)31/h1-13,22-23,34H,14-16H2/t22-,23?/m0/s1. The Hall–Kier alpha value is -3.40. The quantitative estimate of drug-likeness (QED) is 0.420. The van der Waals surface area contributed by atoms with Gasteiger partial charge in [-0.1, -0.05) is 54.6 Å². The largest absolute Gasteiger partial charge is 0.573 e. The van der Waals surface area contributed by atoms with Crippen LogP contribution in [0.1, 0.15) is 17.2 Å². The second-order valence-electron chi connectivity index (χ2n) is 8.20. The van der Waals surface area contributed by atoms with Crippen molar-refractivity contribution in [3.8, 4) is 5.75 Å². The first-order valence-electron chi connectivity index (χ1n) is 10.8. The van der Waals surface area contributed by atoms with Crippen LogP contribution in [-0.4, -0.2) is 36.8 Å². The summed E-state index contributed by atoms with van der Waals surface area (Å²) in [5.41, 5.74) is 2.38. The van der Waals surface area contributed by atoms with E-state index in [0.29, 0.717) is 16.9 Å². The maximum atomic E-state index is 13.3. The summed E-state index contributed by atoms with van der Waals surface area (Å²) in [6.45, 7) is -0.218. The summed E-state index contributed by atoms with van der Waals surface area (Å²) in [4.78, 5) is 3.43. The second kappa shape index (κ2) is 9.69. The van der Waals surface area contributed by atoms with Gasteiger partial charge >= 0.3 is 12.5 Å². The molecule has 0 amide bonds. The zero-order valence-corrected chi connectivity index (χ0v) is 18.3. The minimum atomic E-state index is -4.82. The molecule has 0 spiro atoms. The lowest BCUT2D eigenvalue weighted by molar-refractivity contribution is -0.274. The molecule has 1 heterocycles. The molecule has 4 rings (SSSR count). The number of rotatable bonds is 6. The number of hydrogen-bond acceptors (Lipinski definition) is 4. The van der Waals surface area contributed by atoms with Crippen LogP contribution in [0.5, 0.6) is 5.75 Å². The molecule has 1 unspecified atom stereocenters. The van der Waals surface area contributed by atoms with Crippen molar-refractivity contribution in [3.63, 3.8) is 0 Å². The molecule has 0 aliphatic carbocycles. The first kappa shape index (κ1) is 24.7. The van der Waals surface area contributed by atoms with Gasteiger partial charge in [-0.05, 0) is 35.4 Å². The number of anilines is 2. The van der Waals surface area contributed by atoms with Crippen LogP contribution < -0.4 is 14.5 Å². The minimum absolute atomic E-state index is 0.199. The molecule has 0 aromatic heterocycles. The summed E-state index contributed by atoms with van der Waals surface area (Å²) in [5, 5.41) is 9.87. The molecular weight excluding hydrogens is 474 g/mol. The topological polar surface area (TPSA) is 35.9 Å². The van der Waals surface area contributed by atoms with Crippen molar-refractivity contribution in [2.75, 3.05) is 22.9 Å². The number of alkyl halides is 6. The van der Waals surface area contributed by atoms with Crippen LogP contribution in [-0.2, 0) is 6.54 Å². The average Bonchev–Trinajstić information content (AvgIpc) is 2.79. The first-order chi connectivity index (χ1) is 16.5. The second-order valence-corrected chi connectivity index (χ2v) is 8.20. The molecular formula is C25H22F6N2O2. The molecule has 10 heteroatoms. The molecule has 1 aliphatic heterocycles. The van der Waals surface area contributed by atoms with Crippen LogP contribution >= 0.6 is 0 Å². The highest BCUT2D eigenvalue weighted by Crippen LogP contribution is 2.42. The molecule has 0 saturated heterocycles. The summed E-state index contributed by atoms with van der Waals surface area (Å²) in [6, 6.07) is 20.8. The van der Waals surface area contributed by atoms with Crippen LogP contribution in [0.15, 0.2) is 78.9 Å². The Morgan fingerprint density at radius 2 is 1.51 bits per heavy atom. The van der Waals surface area contributed by atoms with Crippen LogP contribution in [0.3, 0.4) is 0 Å². The Morgan fingerprint density at radius 3 is 2.17 bits per heavy atom. The van der Waals surface area contributed by atoms with Crippen molar-refractivity contribution in [3.05, 3.63) is 90.0 Å². The van der Waals surface area contributed by atoms with Crippen molar-refractivity contribution in [1.82, 2.24) is 0 Å². The Balaban J connectivity index is 1.70. The van der Waals surface area contributed by atoms with Gasteiger partial charge in [0, 0.05) is 13.1 Å². The highest BCUT2D eigenvalue weighted by atomic mass is 19.4. The highest BCUT2D eigenvalue weighted by molar-refractivity contribution is 5.74. The number of hydrogen-bond donors (Lipinski definition) is 1. The zero-order valence-electron chi connectivity index (χ0n) is 18.3. The number of β-amino-alcohol motifs (C(OH)–C–C–N with tert-alkyl or cyclic N) is 1. The number of ether oxygens (including phenoxy) is 1. The molecule has 0 radical (unpaired) electrons. The van der Waals surface area contributed by atoms with Gasteiger partial charge in [0.2, 0.25) is 0 Å². The fraction of sp³-hybridized carbons (Fsp3) is 0.280. The van der Waals surface area contributed by atoms with Gasteiger partial charge in [-0.25, -0.2) is 0 Å². The number of benzene rings is 3. The molecule has 4 nitrogen and oxygen atoms in total. The van der Waals surface area contributed by atoms with Gasteiger partial charge < -0.3 is 19.6 Å². The summed E-state index contributed by atoms with van der Waals surface area (Å²) in [7, 11) is 0. The number of aliphatic hydroxyl groups is 1. The molecule has 2 atom stereocenters. The van der Waals surface area contributed by atoms with Gasteiger partial charge in [0.1, 0.15) is 5.75 Å². The molecule has 3 aromatic carbocycles. The van der Waals surface area contributed by atoms with E-state index in [2.05, 4.69) is 4.74 Å². The SMILES string of the molecule is OC(CN1c2ccccc2N(Cc2cccc(OC(F)(F)F)c2)C[C@H]1c1ccccc1)C(F)(F)F. The van der Waals surface area contributed by atoms with Crippen LogP contribution in [0.25, 0.3) is 0 Å². The zero-order chi connectivity index (χ0) is 25.2. The molecule has 35 heavy (non-hydrogen) atoms. The predicted octanol–water partition coefficient (Wildman–Crippen LogP) is 6.08. The maximum absolute atomic E-state index is 13.3.